The summed E-state index contributed by atoms with van der Waals surface area (Å²) in [5.41, 5.74) is 5.70. The number of furan rings is 1. The van der Waals surface area contributed by atoms with Crippen molar-refractivity contribution in [3.63, 3.8) is 0 Å². The molecule has 0 radical (unpaired) electrons. The molecule has 9 heteroatoms. The maximum Gasteiger partial charge on any atom is 0.338 e. The van der Waals surface area contributed by atoms with Crippen LogP contribution in [-0.4, -0.2) is 43.3 Å². The summed E-state index contributed by atoms with van der Waals surface area (Å²) in [6.07, 6.45) is 1.41. The molecule has 1 N–H and O–H groups in total. The van der Waals surface area contributed by atoms with E-state index in [0.29, 0.717) is 27.4 Å². The van der Waals surface area contributed by atoms with Gasteiger partial charge in [0.2, 0.25) is 0 Å². The second kappa shape index (κ2) is 11.3. The third-order valence-corrected chi connectivity index (χ3v) is 8.26. The van der Waals surface area contributed by atoms with Crippen LogP contribution >= 0.6 is 23.5 Å². The van der Waals surface area contributed by atoms with E-state index in [1.165, 1.54) is 30.4 Å². The number of carbonyl (C=O) groups is 2. The lowest BCUT2D eigenvalue weighted by atomic mass is 10.0. The van der Waals surface area contributed by atoms with Gasteiger partial charge in [0.15, 0.2) is 6.61 Å². The number of hydrogen-bond acceptors (Lipinski definition) is 8. The molecule has 1 aromatic heterocycles. The molecule has 0 aliphatic carbocycles. The summed E-state index contributed by atoms with van der Waals surface area (Å²) >= 11 is 3.89. The molecule has 0 atom stereocenters. The highest BCUT2D eigenvalue weighted by atomic mass is 32.2. The first-order valence-electron chi connectivity index (χ1n) is 10.6. The number of carbonyl (C=O) groups excluding carboxylic acids is 2. The average Bonchev–Trinajstić information content (AvgIpc) is 3.56. The topological polar surface area (TPSA) is 90.1 Å². The SMILES string of the molecule is COC(=O)c1cccc(-c2ccc(/C=N\NC(=O)COc3ccc(C4SCCS4)cc3)o2)c1C. The predicted molar refractivity (Wildman–Crippen MR) is 136 cm³/mol. The van der Waals surface area contributed by atoms with Gasteiger partial charge in [-0.15, -0.1) is 23.5 Å². The number of hydrogen-bond donors (Lipinski definition) is 1. The van der Waals surface area contributed by atoms with Gasteiger partial charge < -0.3 is 13.9 Å². The Morgan fingerprint density at radius 3 is 2.62 bits per heavy atom. The normalized spacial score (nSPS) is 13.8. The van der Waals surface area contributed by atoms with E-state index in [-0.39, 0.29) is 12.5 Å². The second-order valence-corrected chi connectivity index (χ2v) is 10.1. The Hall–Kier alpha value is -3.17. The standard InChI is InChI=1S/C25H24N2O5S2/c1-16-20(4-3-5-21(16)24(29)30-2)22-11-10-19(32-22)14-26-27-23(28)15-31-18-8-6-17(7-9-18)25-33-12-13-34-25/h3-11,14,25H,12-13,15H2,1-2H3,(H,27,28)/b26-14-. The van der Waals surface area contributed by atoms with E-state index in [1.54, 1.807) is 24.3 Å². The molecule has 0 unspecified atom stereocenters. The summed E-state index contributed by atoms with van der Waals surface area (Å²) in [5, 5.41) is 3.93. The van der Waals surface area contributed by atoms with E-state index >= 15 is 0 Å². The highest BCUT2D eigenvalue weighted by molar-refractivity contribution is 8.19. The Kier molecular flexibility index (Phi) is 7.97. The smallest absolute Gasteiger partial charge is 0.338 e. The van der Waals surface area contributed by atoms with Crippen LogP contribution in [0, 0.1) is 6.92 Å². The summed E-state index contributed by atoms with van der Waals surface area (Å²) in [6.45, 7) is 1.69. The zero-order valence-electron chi connectivity index (χ0n) is 18.8. The number of nitrogens with one attached hydrogen (secondary N) is 1. The molecule has 1 aliphatic rings. The summed E-state index contributed by atoms with van der Waals surface area (Å²) in [5.74, 6) is 3.24. The first kappa shape index (κ1) is 24.0. The van der Waals surface area contributed by atoms with Crippen LogP contribution in [-0.2, 0) is 9.53 Å². The molecular formula is C25H24N2O5S2. The van der Waals surface area contributed by atoms with E-state index in [1.807, 2.05) is 60.8 Å². The van der Waals surface area contributed by atoms with E-state index in [2.05, 4.69) is 10.5 Å². The predicted octanol–water partition coefficient (Wildman–Crippen LogP) is 5.05. The van der Waals surface area contributed by atoms with Crippen LogP contribution in [0.1, 0.15) is 31.8 Å². The molecule has 4 rings (SSSR count). The fraction of sp³-hybridized carbons (Fsp3) is 0.240. The van der Waals surface area contributed by atoms with Gasteiger partial charge in [0.05, 0.1) is 23.5 Å². The van der Waals surface area contributed by atoms with Crippen LogP contribution in [0.3, 0.4) is 0 Å². The Bertz CT molecular complexity index is 1180. The van der Waals surface area contributed by atoms with Gasteiger partial charge in [-0.3, -0.25) is 4.79 Å². The highest BCUT2D eigenvalue weighted by Gasteiger charge is 2.18. The number of nitrogens with zero attached hydrogens (tertiary/aromatic N) is 1. The zero-order valence-corrected chi connectivity index (χ0v) is 20.4. The number of methoxy groups -OCH3 is 1. The minimum absolute atomic E-state index is 0.146. The lowest BCUT2D eigenvalue weighted by Crippen LogP contribution is -2.24. The fourth-order valence-corrected chi connectivity index (χ4v) is 6.28. The Balaban J connectivity index is 1.29. The minimum Gasteiger partial charge on any atom is -0.484 e. The maximum absolute atomic E-state index is 12.1. The van der Waals surface area contributed by atoms with Gasteiger partial charge in [0, 0.05) is 17.1 Å². The van der Waals surface area contributed by atoms with Gasteiger partial charge in [0.1, 0.15) is 17.3 Å². The molecule has 1 amide bonds. The molecule has 1 aliphatic heterocycles. The summed E-state index contributed by atoms with van der Waals surface area (Å²) in [7, 11) is 1.35. The number of ether oxygens (including phenoxy) is 2. The molecule has 0 saturated carbocycles. The number of rotatable bonds is 8. The quantitative estimate of drug-likeness (QED) is 0.265. The lowest BCUT2D eigenvalue weighted by molar-refractivity contribution is -0.123. The van der Waals surface area contributed by atoms with Crippen molar-refractivity contribution in [1.82, 2.24) is 5.43 Å². The van der Waals surface area contributed by atoms with Gasteiger partial charge in [-0.25, -0.2) is 10.2 Å². The Morgan fingerprint density at radius 2 is 1.88 bits per heavy atom. The number of hydrazone groups is 1. The van der Waals surface area contributed by atoms with E-state index in [4.69, 9.17) is 13.9 Å². The van der Waals surface area contributed by atoms with Gasteiger partial charge in [-0.1, -0.05) is 24.3 Å². The van der Waals surface area contributed by atoms with Crippen LogP contribution in [0.5, 0.6) is 5.75 Å². The largest absolute Gasteiger partial charge is 0.484 e. The minimum atomic E-state index is -0.402. The summed E-state index contributed by atoms with van der Waals surface area (Å²) in [4.78, 5) is 24.0. The van der Waals surface area contributed by atoms with Gasteiger partial charge in [0.25, 0.3) is 5.91 Å². The van der Waals surface area contributed by atoms with Crippen molar-refractivity contribution in [2.75, 3.05) is 25.2 Å². The third-order valence-electron chi connectivity index (χ3n) is 5.16. The van der Waals surface area contributed by atoms with Crippen LogP contribution < -0.4 is 10.2 Å². The molecule has 7 nitrogen and oxygen atoms in total. The number of benzene rings is 2. The monoisotopic (exact) mass is 496 g/mol. The van der Waals surface area contributed by atoms with Gasteiger partial charge >= 0.3 is 5.97 Å². The fourth-order valence-electron chi connectivity index (χ4n) is 3.42. The molecule has 176 valence electrons. The van der Waals surface area contributed by atoms with Crippen molar-refractivity contribution >= 4 is 41.6 Å². The Morgan fingerprint density at radius 1 is 1.12 bits per heavy atom. The van der Waals surface area contributed by atoms with E-state index in [9.17, 15) is 9.59 Å². The first-order chi connectivity index (χ1) is 16.5. The number of amides is 1. The third kappa shape index (κ3) is 5.84. The summed E-state index contributed by atoms with van der Waals surface area (Å²) in [6, 6.07) is 16.7. The van der Waals surface area contributed by atoms with E-state index in [0.717, 1.165) is 11.1 Å². The Labute approximate surface area is 206 Å². The van der Waals surface area contributed by atoms with Crippen LogP contribution in [0.15, 0.2) is 64.1 Å². The van der Waals surface area contributed by atoms with Crippen LogP contribution in [0.4, 0.5) is 0 Å². The molecule has 0 bridgehead atoms. The van der Waals surface area contributed by atoms with E-state index < -0.39 is 5.97 Å². The molecule has 1 fully saturated rings. The van der Waals surface area contributed by atoms with Crippen molar-refractivity contribution in [2.45, 2.75) is 11.5 Å². The first-order valence-corrected chi connectivity index (χ1v) is 12.7. The molecule has 2 aromatic carbocycles. The van der Waals surface area contributed by atoms with Gasteiger partial charge in [-0.2, -0.15) is 5.10 Å². The van der Waals surface area contributed by atoms with Crippen molar-refractivity contribution in [3.05, 3.63) is 77.0 Å². The van der Waals surface area contributed by atoms with Gasteiger partial charge in [-0.05, 0) is 48.4 Å². The van der Waals surface area contributed by atoms with Crippen LogP contribution in [0.25, 0.3) is 11.3 Å². The molecule has 3 aromatic rings. The maximum atomic E-state index is 12.1. The molecule has 1 saturated heterocycles. The zero-order chi connectivity index (χ0) is 23.9. The van der Waals surface area contributed by atoms with Crippen molar-refractivity contribution < 1.29 is 23.5 Å². The second-order valence-electron chi connectivity index (χ2n) is 7.40. The van der Waals surface area contributed by atoms with Crippen molar-refractivity contribution in [3.8, 4) is 17.1 Å². The average molecular weight is 497 g/mol. The molecular weight excluding hydrogens is 472 g/mol. The van der Waals surface area contributed by atoms with Crippen molar-refractivity contribution in [1.29, 1.82) is 0 Å². The summed E-state index contributed by atoms with van der Waals surface area (Å²) < 4.78 is 16.6. The molecule has 2 heterocycles. The van der Waals surface area contributed by atoms with Crippen molar-refractivity contribution in [2.24, 2.45) is 5.10 Å². The number of esters is 1. The molecule has 0 spiro atoms. The highest BCUT2D eigenvalue weighted by Crippen LogP contribution is 2.45. The lowest BCUT2D eigenvalue weighted by Gasteiger charge is -2.10. The molecule has 34 heavy (non-hydrogen) atoms. The van der Waals surface area contributed by atoms with Crippen LogP contribution in [0.2, 0.25) is 0 Å². The number of thioether (sulfide) groups is 2.